The van der Waals surface area contributed by atoms with Crippen molar-refractivity contribution in [3.05, 3.63) is 29.8 Å². The van der Waals surface area contributed by atoms with Gasteiger partial charge in [-0.15, -0.1) is 0 Å². The molecule has 12 heavy (non-hydrogen) atoms. The molecule has 1 rings (SSSR count). The van der Waals surface area contributed by atoms with Crippen LogP contribution in [-0.4, -0.2) is 0 Å². The van der Waals surface area contributed by atoms with Gasteiger partial charge in [0.15, 0.2) is 0 Å². The van der Waals surface area contributed by atoms with Crippen molar-refractivity contribution in [2.75, 3.05) is 5.73 Å². The second-order valence-corrected chi connectivity index (χ2v) is 3.70. The Balaban J connectivity index is 2.82. The van der Waals surface area contributed by atoms with Crippen LogP contribution < -0.4 is 5.73 Å². The maximum atomic E-state index is 5.60. The molecule has 1 aromatic carbocycles. The summed E-state index contributed by atoms with van der Waals surface area (Å²) in [4.78, 5) is 0. The molecular weight excluding hydrogens is 146 g/mol. The van der Waals surface area contributed by atoms with Crippen LogP contribution in [0.5, 0.6) is 0 Å². The van der Waals surface area contributed by atoms with Crippen LogP contribution in [0.1, 0.15) is 32.3 Å². The summed E-state index contributed by atoms with van der Waals surface area (Å²) >= 11 is 0. The number of hydrogen-bond donors (Lipinski definition) is 1. The van der Waals surface area contributed by atoms with Crippen molar-refractivity contribution in [1.82, 2.24) is 0 Å². The normalized spacial score (nSPS) is 13.3. The van der Waals surface area contributed by atoms with Crippen molar-refractivity contribution in [1.29, 1.82) is 0 Å². The first kappa shape index (κ1) is 9.11. The molecule has 0 saturated carbocycles. The van der Waals surface area contributed by atoms with E-state index in [1.807, 2.05) is 12.1 Å². The molecule has 0 aliphatic rings. The van der Waals surface area contributed by atoms with E-state index in [1.54, 1.807) is 0 Å². The Kier molecular flexibility index (Phi) is 2.74. The van der Waals surface area contributed by atoms with Crippen LogP contribution in [0.2, 0.25) is 0 Å². The maximum Gasteiger partial charge on any atom is 0.0314 e. The number of benzene rings is 1. The van der Waals surface area contributed by atoms with E-state index < -0.39 is 0 Å². The molecule has 1 aromatic rings. The first-order valence-corrected chi connectivity index (χ1v) is 4.46. The van der Waals surface area contributed by atoms with Crippen LogP contribution in [0.25, 0.3) is 0 Å². The van der Waals surface area contributed by atoms with Gasteiger partial charge in [0.25, 0.3) is 0 Å². The minimum absolute atomic E-state index is 0.616. The predicted molar refractivity (Wildman–Crippen MR) is 54.1 cm³/mol. The van der Waals surface area contributed by atoms with Crippen LogP contribution in [0, 0.1) is 5.92 Å². The number of anilines is 1. The van der Waals surface area contributed by atoms with Gasteiger partial charge >= 0.3 is 0 Å². The lowest BCUT2D eigenvalue weighted by atomic mass is 9.90. The molecule has 0 heterocycles. The monoisotopic (exact) mass is 163 g/mol. The highest BCUT2D eigenvalue weighted by Crippen LogP contribution is 2.23. The first-order valence-electron chi connectivity index (χ1n) is 4.46. The zero-order chi connectivity index (χ0) is 9.14. The molecule has 0 unspecified atom stereocenters. The number of nitrogens with two attached hydrogens (primary N) is 1. The molecule has 0 bridgehead atoms. The predicted octanol–water partition coefficient (Wildman–Crippen LogP) is 3.03. The Morgan fingerprint density at radius 3 is 1.92 bits per heavy atom. The van der Waals surface area contributed by atoms with Crippen molar-refractivity contribution in [3.8, 4) is 0 Å². The SMILES string of the molecule is CC(C)[C@H](C)c1ccc(N)cc1. The first-order chi connectivity index (χ1) is 5.61. The highest BCUT2D eigenvalue weighted by molar-refractivity contribution is 5.40. The van der Waals surface area contributed by atoms with Crippen molar-refractivity contribution in [2.45, 2.75) is 26.7 Å². The Morgan fingerprint density at radius 2 is 1.50 bits per heavy atom. The van der Waals surface area contributed by atoms with Crippen LogP contribution in [0.3, 0.4) is 0 Å². The molecule has 0 radical (unpaired) electrons. The average molecular weight is 163 g/mol. The molecule has 0 aliphatic heterocycles. The second-order valence-electron chi connectivity index (χ2n) is 3.70. The van der Waals surface area contributed by atoms with E-state index in [9.17, 15) is 0 Å². The smallest absolute Gasteiger partial charge is 0.0314 e. The van der Waals surface area contributed by atoms with Gasteiger partial charge in [-0.2, -0.15) is 0 Å². The number of nitrogen functional groups attached to an aromatic ring is 1. The molecule has 1 atom stereocenters. The van der Waals surface area contributed by atoms with Gasteiger partial charge in [0.1, 0.15) is 0 Å². The maximum absolute atomic E-state index is 5.60. The third-order valence-corrected chi connectivity index (χ3v) is 2.46. The fourth-order valence-electron chi connectivity index (χ4n) is 1.18. The molecule has 0 saturated heterocycles. The molecule has 2 N–H and O–H groups in total. The van der Waals surface area contributed by atoms with Gasteiger partial charge in [-0.05, 0) is 29.5 Å². The topological polar surface area (TPSA) is 26.0 Å². The van der Waals surface area contributed by atoms with Crippen molar-refractivity contribution in [3.63, 3.8) is 0 Å². The van der Waals surface area contributed by atoms with Gasteiger partial charge in [0.2, 0.25) is 0 Å². The minimum atomic E-state index is 0.616. The largest absolute Gasteiger partial charge is 0.399 e. The van der Waals surface area contributed by atoms with E-state index >= 15 is 0 Å². The molecule has 0 aromatic heterocycles. The average Bonchev–Trinajstić information content (AvgIpc) is 2.04. The van der Waals surface area contributed by atoms with Gasteiger partial charge in [0.05, 0.1) is 0 Å². The van der Waals surface area contributed by atoms with Crippen LogP contribution in [-0.2, 0) is 0 Å². The number of hydrogen-bond acceptors (Lipinski definition) is 1. The summed E-state index contributed by atoms with van der Waals surface area (Å²) in [5.74, 6) is 1.30. The summed E-state index contributed by atoms with van der Waals surface area (Å²) in [5.41, 5.74) is 7.82. The summed E-state index contributed by atoms with van der Waals surface area (Å²) in [6, 6.07) is 8.16. The summed E-state index contributed by atoms with van der Waals surface area (Å²) in [6.07, 6.45) is 0. The van der Waals surface area contributed by atoms with Gasteiger partial charge in [-0.3, -0.25) is 0 Å². The minimum Gasteiger partial charge on any atom is -0.399 e. The van der Waals surface area contributed by atoms with E-state index in [4.69, 9.17) is 5.73 Å². The fourth-order valence-corrected chi connectivity index (χ4v) is 1.18. The van der Waals surface area contributed by atoms with Gasteiger partial charge in [-0.25, -0.2) is 0 Å². The Bertz CT molecular complexity index is 236. The quantitative estimate of drug-likeness (QED) is 0.666. The van der Waals surface area contributed by atoms with Crippen molar-refractivity contribution >= 4 is 5.69 Å². The lowest BCUT2D eigenvalue weighted by Gasteiger charge is -2.15. The third kappa shape index (κ3) is 2.00. The van der Waals surface area contributed by atoms with E-state index in [-0.39, 0.29) is 0 Å². The second kappa shape index (κ2) is 3.61. The van der Waals surface area contributed by atoms with E-state index in [2.05, 4.69) is 32.9 Å². The lowest BCUT2D eigenvalue weighted by molar-refractivity contribution is 0.535. The summed E-state index contributed by atoms with van der Waals surface area (Å²) < 4.78 is 0. The molecule has 0 spiro atoms. The standard InChI is InChI=1S/C11H17N/c1-8(2)9(3)10-4-6-11(12)7-5-10/h4-9H,12H2,1-3H3/t9-/m0/s1. The fraction of sp³-hybridized carbons (Fsp3) is 0.455. The molecule has 0 aliphatic carbocycles. The Morgan fingerprint density at radius 1 is 1.00 bits per heavy atom. The van der Waals surface area contributed by atoms with Gasteiger partial charge < -0.3 is 5.73 Å². The molecule has 66 valence electrons. The van der Waals surface area contributed by atoms with E-state index in [0.29, 0.717) is 11.8 Å². The molecule has 0 amide bonds. The van der Waals surface area contributed by atoms with Crippen molar-refractivity contribution < 1.29 is 0 Å². The lowest BCUT2D eigenvalue weighted by Crippen LogP contribution is -2.01. The zero-order valence-corrected chi connectivity index (χ0v) is 8.04. The van der Waals surface area contributed by atoms with E-state index in [0.717, 1.165) is 5.69 Å². The Labute approximate surface area is 74.6 Å². The molecule has 1 heteroatoms. The highest BCUT2D eigenvalue weighted by Gasteiger charge is 2.08. The Hall–Kier alpha value is -0.980. The van der Waals surface area contributed by atoms with Gasteiger partial charge in [-0.1, -0.05) is 32.9 Å². The van der Waals surface area contributed by atoms with Gasteiger partial charge in [0, 0.05) is 5.69 Å². The zero-order valence-electron chi connectivity index (χ0n) is 8.04. The van der Waals surface area contributed by atoms with E-state index in [1.165, 1.54) is 5.56 Å². The third-order valence-electron chi connectivity index (χ3n) is 2.46. The highest BCUT2D eigenvalue weighted by atomic mass is 14.5. The summed E-state index contributed by atoms with van der Waals surface area (Å²) in [5, 5.41) is 0. The van der Waals surface area contributed by atoms with Crippen LogP contribution in [0.15, 0.2) is 24.3 Å². The summed E-state index contributed by atoms with van der Waals surface area (Å²) in [7, 11) is 0. The summed E-state index contributed by atoms with van der Waals surface area (Å²) in [6.45, 7) is 6.72. The van der Waals surface area contributed by atoms with Crippen LogP contribution >= 0.6 is 0 Å². The van der Waals surface area contributed by atoms with Crippen LogP contribution in [0.4, 0.5) is 5.69 Å². The number of rotatable bonds is 2. The molecule has 0 fully saturated rings. The molecular formula is C11H17N. The van der Waals surface area contributed by atoms with Crippen molar-refractivity contribution in [2.24, 2.45) is 5.92 Å². The molecule has 1 nitrogen and oxygen atoms in total.